The molecule has 2 nitrogen and oxygen atoms in total. The lowest BCUT2D eigenvalue weighted by Crippen LogP contribution is -2.41. The van der Waals surface area contributed by atoms with Crippen LogP contribution in [0.2, 0.25) is 0 Å². The van der Waals surface area contributed by atoms with Gasteiger partial charge < -0.3 is 10.1 Å². The van der Waals surface area contributed by atoms with Gasteiger partial charge in [-0.15, -0.1) is 0 Å². The summed E-state index contributed by atoms with van der Waals surface area (Å²) < 4.78 is 4.72. The first-order valence-electron chi connectivity index (χ1n) is 6.99. The molecule has 1 N–H and O–H groups in total. The number of piperidine rings is 1. The van der Waals surface area contributed by atoms with Crippen LogP contribution in [0.15, 0.2) is 0 Å². The zero-order chi connectivity index (χ0) is 12.0. The van der Waals surface area contributed by atoms with Crippen LogP contribution in [-0.2, 0) is 4.74 Å². The molecule has 3 heterocycles. The summed E-state index contributed by atoms with van der Waals surface area (Å²) in [6.07, 6.45) is 6.91. The molecule has 2 unspecified atom stereocenters. The number of fused-ring (bicyclic) bond motifs is 2. The molecule has 96 valence electrons. The highest BCUT2D eigenvalue weighted by molar-refractivity contribution is 4.95. The number of hydrogen-bond acceptors (Lipinski definition) is 2. The Morgan fingerprint density at radius 1 is 1.00 bits per heavy atom. The number of ether oxygens (including phenoxy) is 1. The smallest absolute Gasteiger partial charge is 0.0488 e. The minimum Gasteiger partial charge on any atom is -0.381 e. The Hall–Kier alpha value is -0.0800. The van der Waals surface area contributed by atoms with Crippen molar-refractivity contribution in [1.29, 1.82) is 0 Å². The lowest BCUT2D eigenvalue weighted by Gasteiger charge is -2.35. The second-order valence-corrected chi connectivity index (χ2v) is 5.68. The van der Waals surface area contributed by atoms with Crippen LogP contribution in [0.25, 0.3) is 0 Å². The molecular formula is C14H29NO. The fraction of sp³-hybridized carbons (Fsp3) is 1.00. The Bertz CT molecular complexity index is 169. The molecule has 3 rings (SSSR count). The van der Waals surface area contributed by atoms with E-state index in [0.717, 1.165) is 25.3 Å². The molecule has 0 radical (unpaired) electrons. The second kappa shape index (κ2) is 6.61. The second-order valence-electron chi connectivity index (χ2n) is 5.68. The van der Waals surface area contributed by atoms with E-state index in [1.165, 1.54) is 32.1 Å². The zero-order valence-corrected chi connectivity index (χ0v) is 11.5. The molecule has 0 aromatic carbocycles. The molecule has 0 saturated carbocycles. The Balaban J connectivity index is 0.000000179. The quantitative estimate of drug-likeness (QED) is 0.685. The van der Waals surface area contributed by atoms with Crippen molar-refractivity contribution in [2.75, 3.05) is 13.2 Å². The first-order chi connectivity index (χ1) is 7.66. The van der Waals surface area contributed by atoms with E-state index in [2.05, 4.69) is 19.2 Å². The van der Waals surface area contributed by atoms with Crippen LogP contribution in [0.1, 0.15) is 59.8 Å². The van der Waals surface area contributed by atoms with Crippen molar-refractivity contribution in [2.45, 2.75) is 71.9 Å². The SMILES string of the molecule is C1COC1.CC.CC1(C)CC2CCC(C1)N2. The van der Waals surface area contributed by atoms with E-state index >= 15 is 0 Å². The molecule has 16 heavy (non-hydrogen) atoms. The summed E-state index contributed by atoms with van der Waals surface area (Å²) in [5.41, 5.74) is 0.622. The largest absolute Gasteiger partial charge is 0.381 e. The predicted molar refractivity (Wildman–Crippen MR) is 69.7 cm³/mol. The number of rotatable bonds is 0. The predicted octanol–water partition coefficient (Wildman–Crippen LogP) is 3.36. The minimum absolute atomic E-state index is 0.622. The highest BCUT2D eigenvalue weighted by atomic mass is 16.5. The van der Waals surface area contributed by atoms with Crippen LogP contribution >= 0.6 is 0 Å². The Labute approximate surface area is 101 Å². The van der Waals surface area contributed by atoms with E-state index in [1.807, 2.05) is 13.8 Å². The van der Waals surface area contributed by atoms with Crippen molar-refractivity contribution in [2.24, 2.45) is 5.41 Å². The first-order valence-corrected chi connectivity index (χ1v) is 6.99. The van der Waals surface area contributed by atoms with Gasteiger partial charge in [-0.05, 0) is 37.5 Å². The summed E-state index contributed by atoms with van der Waals surface area (Å²) in [5, 5.41) is 3.65. The van der Waals surface area contributed by atoms with Crippen LogP contribution in [-0.4, -0.2) is 25.3 Å². The third-order valence-corrected chi connectivity index (χ3v) is 3.51. The van der Waals surface area contributed by atoms with E-state index in [4.69, 9.17) is 4.74 Å². The first kappa shape index (κ1) is 14.0. The van der Waals surface area contributed by atoms with Gasteiger partial charge in [0.25, 0.3) is 0 Å². The summed E-state index contributed by atoms with van der Waals surface area (Å²) in [6.45, 7) is 10.8. The maximum atomic E-state index is 4.72. The fourth-order valence-corrected chi connectivity index (χ4v) is 2.79. The molecule has 0 amide bonds. The normalized spacial score (nSPS) is 33.8. The molecule has 2 bridgehead atoms. The highest BCUT2D eigenvalue weighted by Crippen LogP contribution is 2.39. The highest BCUT2D eigenvalue weighted by Gasteiger charge is 2.37. The fourth-order valence-electron chi connectivity index (χ4n) is 2.79. The third kappa shape index (κ3) is 4.42. The van der Waals surface area contributed by atoms with Crippen molar-refractivity contribution in [3.05, 3.63) is 0 Å². The Kier molecular flexibility index (Phi) is 5.77. The third-order valence-electron chi connectivity index (χ3n) is 3.51. The molecule has 2 heteroatoms. The van der Waals surface area contributed by atoms with Crippen molar-refractivity contribution in [3.63, 3.8) is 0 Å². The van der Waals surface area contributed by atoms with Crippen molar-refractivity contribution < 1.29 is 4.74 Å². The van der Waals surface area contributed by atoms with Gasteiger partial charge in [-0.25, -0.2) is 0 Å². The Morgan fingerprint density at radius 3 is 1.69 bits per heavy atom. The maximum Gasteiger partial charge on any atom is 0.0488 e. The van der Waals surface area contributed by atoms with Gasteiger partial charge in [0, 0.05) is 25.3 Å². The van der Waals surface area contributed by atoms with Gasteiger partial charge in [-0.3, -0.25) is 0 Å². The van der Waals surface area contributed by atoms with Gasteiger partial charge in [-0.1, -0.05) is 27.7 Å². The molecule has 0 aromatic heterocycles. The lowest BCUT2D eigenvalue weighted by molar-refractivity contribution is 0.0367. The van der Waals surface area contributed by atoms with Gasteiger partial charge in [0.05, 0.1) is 0 Å². The molecule has 3 aliphatic rings. The number of hydrogen-bond donors (Lipinski definition) is 1. The topological polar surface area (TPSA) is 21.3 Å². The van der Waals surface area contributed by atoms with Crippen molar-refractivity contribution >= 4 is 0 Å². The Morgan fingerprint density at radius 2 is 1.38 bits per heavy atom. The van der Waals surface area contributed by atoms with E-state index in [9.17, 15) is 0 Å². The molecule has 0 aliphatic carbocycles. The van der Waals surface area contributed by atoms with E-state index in [-0.39, 0.29) is 0 Å². The van der Waals surface area contributed by atoms with Gasteiger partial charge in [0.2, 0.25) is 0 Å². The molecule has 0 aromatic rings. The van der Waals surface area contributed by atoms with Gasteiger partial charge in [0.1, 0.15) is 0 Å². The molecule has 3 aliphatic heterocycles. The maximum absolute atomic E-state index is 4.72. The van der Waals surface area contributed by atoms with Gasteiger partial charge in [0.15, 0.2) is 0 Å². The van der Waals surface area contributed by atoms with E-state index in [1.54, 1.807) is 0 Å². The summed E-state index contributed by atoms with van der Waals surface area (Å²) >= 11 is 0. The zero-order valence-electron chi connectivity index (χ0n) is 11.5. The standard InChI is InChI=1S/C9H17N.C3H6O.C2H6/c1-9(2)5-7-3-4-8(6-9)10-7;1-2-4-3-1;1-2/h7-8,10H,3-6H2,1-2H3;1-3H2;1-2H3. The summed E-state index contributed by atoms with van der Waals surface area (Å²) in [6, 6.07) is 1.71. The average Bonchev–Trinajstić information content (AvgIpc) is 2.45. The van der Waals surface area contributed by atoms with E-state index in [0.29, 0.717) is 5.41 Å². The van der Waals surface area contributed by atoms with E-state index < -0.39 is 0 Å². The van der Waals surface area contributed by atoms with Crippen LogP contribution < -0.4 is 5.32 Å². The monoisotopic (exact) mass is 227 g/mol. The molecule has 0 spiro atoms. The van der Waals surface area contributed by atoms with Crippen LogP contribution in [0.3, 0.4) is 0 Å². The van der Waals surface area contributed by atoms with Crippen molar-refractivity contribution in [1.82, 2.24) is 5.32 Å². The van der Waals surface area contributed by atoms with Gasteiger partial charge in [-0.2, -0.15) is 0 Å². The molecule has 3 saturated heterocycles. The summed E-state index contributed by atoms with van der Waals surface area (Å²) in [4.78, 5) is 0. The van der Waals surface area contributed by atoms with Crippen LogP contribution in [0.5, 0.6) is 0 Å². The summed E-state index contributed by atoms with van der Waals surface area (Å²) in [7, 11) is 0. The summed E-state index contributed by atoms with van der Waals surface area (Å²) in [5.74, 6) is 0. The minimum atomic E-state index is 0.622. The average molecular weight is 227 g/mol. The molecular weight excluding hydrogens is 198 g/mol. The van der Waals surface area contributed by atoms with Crippen LogP contribution in [0.4, 0.5) is 0 Å². The van der Waals surface area contributed by atoms with Gasteiger partial charge >= 0.3 is 0 Å². The lowest BCUT2D eigenvalue weighted by atomic mass is 9.79. The molecule has 3 fully saturated rings. The number of nitrogens with one attached hydrogen (secondary N) is 1. The molecule has 2 atom stereocenters. The van der Waals surface area contributed by atoms with Crippen molar-refractivity contribution in [3.8, 4) is 0 Å². The van der Waals surface area contributed by atoms with Crippen LogP contribution in [0, 0.1) is 5.41 Å².